The highest BCUT2D eigenvalue weighted by atomic mass is 16.4. The first-order chi connectivity index (χ1) is 6.49. The fourth-order valence-electron chi connectivity index (χ4n) is 0.971. The summed E-state index contributed by atoms with van der Waals surface area (Å²) in [5.74, 6) is -1.58. The minimum Gasteiger partial charge on any atom is -0.548 e. The largest absolute Gasteiger partial charge is 0.548 e. The maximum Gasteiger partial charge on any atom is 0.278 e. The number of unbranched alkanes of at least 4 members (excludes halogenated alkanes) is 1. The van der Waals surface area contributed by atoms with Crippen LogP contribution >= 0.6 is 0 Å². The Balaban J connectivity index is 4.09. The number of nitrogens with one attached hydrogen (secondary N) is 1. The molecule has 14 heavy (non-hydrogen) atoms. The van der Waals surface area contributed by atoms with Gasteiger partial charge < -0.3 is 21.0 Å². The molecule has 0 aliphatic carbocycles. The molecule has 1 amide bonds. The third-order valence-corrected chi connectivity index (χ3v) is 1.89. The smallest absolute Gasteiger partial charge is 0.278 e. The van der Waals surface area contributed by atoms with Gasteiger partial charge in [-0.25, -0.2) is 0 Å². The molecular formula is C9H18N2O3. The average Bonchev–Trinajstić information content (AvgIpc) is 2.10. The molecule has 0 radical (unpaired) electrons. The number of hydrogen-bond donors (Lipinski definition) is 2. The van der Waals surface area contributed by atoms with E-state index >= 15 is 0 Å². The number of rotatable bonds is 6. The third kappa shape index (κ3) is 4.81. The predicted octanol–water partition coefficient (Wildman–Crippen LogP) is -1.96. The van der Waals surface area contributed by atoms with Crippen molar-refractivity contribution in [3.05, 3.63) is 0 Å². The van der Waals surface area contributed by atoms with Gasteiger partial charge >= 0.3 is 0 Å². The second-order valence-corrected chi connectivity index (χ2v) is 3.42. The van der Waals surface area contributed by atoms with Crippen molar-refractivity contribution >= 4 is 11.9 Å². The molecule has 0 unspecified atom stereocenters. The van der Waals surface area contributed by atoms with E-state index in [0.29, 0.717) is 6.42 Å². The number of carbonyl (C=O) groups is 2. The monoisotopic (exact) mass is 202 g/mol. The molecule has 0 aromatic carbocycles. The van der Waals surface area contributed by atoms with Crippen molar-refractivity contribution in [3.8, 4) is 0 Å². The van der Waals surface area contributed by atoms with Gasteiger partial charge in [0.15, 0.2) is 6.04 Å². The van der Waals surface area contributed by atoms with Gasteiger partial charge in [0.2, 0.25) is 0 Å². The number of carboxylic acids is 1. The summed E-state index contributed by atoms with van der Waals surface area (Å²) in [6.07, 6.45) is 2.06. The van der Waals surface area contributed by atoms with E-state index in [0.717, 1.165) is 12.8 Å². The Morgan fingerprint density at radius 3 is 2.43 bits per heavy atom. The lowest BCUT2D eigenvalue weighted by molar-refractivity contribution is -0.398. The molecule has 0 rings (SSSR count). The molecule has 0 aromatic rings. The lowest BCUT2D eigenvalue weighted by Crippen LogP contribution is -2.67. The van der Waals surface area contributed by atoms with Crippen LogP contribution in [0.15, 0.2) is 0 Å². The standard InChI is InChI=1S/C9H18N2O3/c1-3-4-5-7(9(13)14)11-8(12)6(2)10/h6-7H,3-5,10H2,1-2H3,(H,11,12)(H,13,14)/t6-,7+/m0/s1. The molecule has 0 aliphatic rings. The fraction of sp³-hybridized carbons (Fsp3) is 0.778. The summed E-state index contributed by atoms with van der Waals surface area (Å²) in [7, 11) is 0. The van der Waals surface area contributed by atoms with Crippen LogP contribution in [0.1, 0.15) is 33.1 Å². The van der Waals surface area contributed by atoms with Gasteiger partial charge in [0, 0.05) is 0 Å². The van der Waals surface area contributed by atoms with Crippen LogP contribution in [0.3, 0.4) is 0 Å². The molecule has 82 valence electrons. The zero-order valence-electron chi connectivity index (χ0n) is 8.71. The van der Waals surface area contributed by atoms with Crippen LogP contribution in [0.2, 0.25) is 0 Å². The van der Waals surface area contributed by atoms with Gasteiger partial charge in [-0.3, -0.25) is 4.79 Å². The topological polar surface area (TPSA) is 96.9 Å². The molecule has 5 nitrogen and oxygen atoms in total. The number of quaternary nitrogens is 1. The van der Waals surface area contributed by atoms with E-state index in [2.05, 4.69) is 11.1 Å². The number of hydrogen-bond acceptors (Lipinski definition) is 3. The molecule has 5 heteroatoms. The summed E-state index contributed by atoms with van der Waals surface area (Å²) in [6, 6.07) is -1.33. The Morgan fingerprint density at radius 1 is 1.50 bits per heavy atom. The summed E-state index contributed by atoms with van der Waals surface area (Å²) in [6.45, 7) is 3.57. The lowest BCUT2D eigenvalue weighted by Gasteiger charge is -2.19. The molecule has 0 saturated carbocycles. The zero-order valence-corrected chi connectivity index (χ0v) is 8.71. The molecule has 0 fully saturated rings. The van der Waals surface area contributed by atoms with Crippen LogP contribution in [-0.4, -0.2) is 24.0 Å². The van der Waals surface area contributed by atoms with E-state index in [1.54, 1.807) is 6.92 Å². The molecule has 0 heterocycles. The summed E-state index contributed by atoms with van der Waals surface area (Å²) in [5.41, 5.74) is 3.51. The van der Waals surface area contributed by atoms with Crippen molar-refractivity contribution in [3.63, 3.8) is 0 Å². The van der Waals surface area contributed by atoms with Crippen LogP contribution in [0.4, 0.5) is 0 Å². The Morgan fingerprint density at radius 2 is 2.07 bits per heavy atom. The highest BCUT2D eigenvalue weighted by Gasteiger charge is 2.17. The highest BCUT2D eigenvalue weighted by molar-refractivity contribution is 5.84. The molecular weight excluding hydrogens is 184 g/mol. The molecule has 0 aliphatic heterocycles. The van der Waals surface area contributed by atoms with Gasteiger partial charge in [-0.2, -0.15) is 0 Å². The fourth-order valence-corrected chi connectivity index (χ4v) is 0.971. The highest BCUT2D eigenvalue weighted by Crippen LogP contribution is 1.99. The Labute approximate surface area is 83.7 Å². The average molecular weight is 202 g/mol. The van der Waals surface area contributed by atoms with Gasteiger partial charge in [0.1, 0.15) is 0 Å². The predicted molar refractivity (Wildman–Crippen MR) is 48.8 cm³/mol. The molecule has 0 spiro atoms. The molecule has 0 bridgehead atoms. The minimum atomic E-state index is -1.23. The van der Waals surface area contributed by atoms with E-state index in [1.165, 1.54) is 0 Å². The number of amides is 1. The van der Waals surface area contributed by atoms with E-state index in [4.69, 9.17) is 0 Å². The second-order valence-electron chi connectivity index (χ2n) is 3.42. The van der Waals surface area contributed by atoms with Crippen molar-refractivity contribution in [2.75, 3.05) is 0 Å². The van der Waals surface area contributed by atoms with Crippen LogP contribution in [0.5, 0.6) is 0 Å². The van der Waals surface area contributed by atoms with Crippen LogP contribution in [0, 0.1) is 0 Å². The van der Waals surface area contributed by atoms with Crippen LogP contribution in [0.25, 0.3) is 0 Å². The van der Waals surface area contributed by atoms with Gasteiger partial charge in [0.05, 0.1) is 12.0 Å². The van der Waals surface area contributed by atoms with Gasteiger partial charge in [-0.1, -0.05) is 19.8 Å². The first kappa shape index (κ1) is 12.9. The first-order valence-corrected chi connectivity index (χ1v) is 4.83. The lowest BCUT2D eigenvalue weighted by atomic mass is 10.1. The number of carboxylic acid groups (broad SMARTS) is 1. The Kier molecular flexibility index (Phi) is 5.87. The SMILES string of the molecule is CCCC[C@@H](NC(=O)[C@H](C)[NH3+])C(=O)[O-]. The van der Waals surface area contributed by atoms with Gasteiger partial charge in [-0.05, 0) is 13.3 Å². The first-order valence-electron chi connectivity index (χ1n) is 4.83. The Hall–Kier alpha value is -1.10. The second kappa shape index (κ2) is 6.37. The third-order valence-electron chi connectivity index (χ3n) is 1.89. The maximum atomic E-state index is 11.2. The zero-order chi connectivity index (χ0) is 11.1. The van der Waals surface area contributed by atoms with Crippen molar-refractivity contribution in [2.45, 2.75) is 45.2 Å². The van der Waals surface area contributed by atoms with Crippen LogP contribution in [-0.2, 0) is 9.59 Å². The Bertz CT molecular complexity index is 204. The van der Waals surface area contributed by atoms with Gasteiger partial charge in [-0.15, -0.1) is 0 Å². The molecule has 0 aromatic heterocycles. The van der Waals surface area contributed by atoms with E-state index in [9.17, 15) is 14.7 Å². The number of carbonyl (C=O) groups excluding carboxylic acids is 2. The van der Waals surface area contributed by atoms with Crippen LogP contribution < -0.4 is 16.2 Å². The summed E-state index contributed by atoms with van der Waals surface area (Å²) < 4.78 is 0. The van der Waals surface area contributed by atoms with E-state index < -0.39 is 18.1 Å². The van der Waals surface area contributed by atoms with Crippen molar-refractivity contribution < 1.29 is 20.4 Å². The van der Waals surface area contributed by atoms with Crippen molar-refractivity contribution in [1.29, 1.82) is 0 Å². The molecule has 0 saturated heterocycles. The molecule has 4 N–H and O–H groups in total. The summed E-state index contributed by atoms with van der Waals surface area (Å²) in [4.78, 5) is 21.8. The normalized spacial score (nSPS) is 14.5. The minimum absolute atomic E-state index is 0.352. The maximum absolute atomic E-state index is 11.2. The quantitative estimate of drug-likeness (QED) is 0.523. The van der Waals surface area contributed by atoms with E-state index in [1.807, 2.05) is 6.92 Å². The number of aliphatic carboxylic acids is 1. The summed E-state index contributed by atoms with van der Waals surface area (Å²) >= 11 is 0. The van der Waals surface area contributed by atoms with Crippen molar-refractivity contribution in [1.82, 2.24) is 5.32 Å². The van der Waals surface area contributed by atoms with Gasteiger partial charge in [0.25, 0.3) is 5.91 Å². The van der Waals surface area contributed by atoms with E-state index in [-0.39, 0.29) is 5.91 Å². The summed E-state index contributed by atoms with van der Waals surface area (Å²) in [5, 5.41) is 13.0. The molecule has 2 atom stereocenters. The van der Waals surface area contributed by atoms with Crippen molar-refractivity contribution in [2.24, 2.45) is 0 Å².